The SMILES string of the molecule is C=C(NC=O)c1ccc(OCCC)nc1C(F)(F)F.Cc1ccc(C)c(N2CCC(C)C[C@@H]2C)c1. The maximum atomic E-state index is 12.9. The first-order chi connectivity index (χ1) is 16.5. The highest BCUT2D eigenvalue weighted by molar-refractivity contribution is 5.73. The normalized spacial score (nSPS) is 17.8. The average Bonchev–Trinajstić information content (AvgIpc) is 2.79. The van der Waals surface area contributed by atoms with E-state index in [-0.39, 0.29) is 30.2 Å². The van der Waals surface area contributed by atoms with Crippen molar-refractivity contribution in [3.8, 4) is 5.88 Å². The Hall–Kier alpha value is -3.03. The summed E-state index contributed by atoms with van der Waals surface area (Å²) < 4.78 is 43.7. The zero-order valence-corrected chi connectivity index (χ0v) is 21.2. The minimum absolute atomic E-state index is 0.114. The Balaban J connectivity index is 0.000000250. The number of carbonyl (C=O) groups excluding carboxylic acids is 1. The lowest BCUT2D eigenvalue weighted by atomic mass is 9.92. The van der Waals surface area contributed by atoms with Gasteiger partial charge in [-0.2, -0.15) is 13.2 Å². The molecule has 3 rings (SSSR count). The molecule has 192 valence electrons. The van der Waals surface area contributed by atoms with E-state index in [1.165, 1.54) is 48.3 Å². The Labute approximate surface area is 206 Å². The predicted molar refractivity (Wildman–Crippen MR) is 134 cm³/mol. The minimum Gasteiger partial charge on any atom is -0.478 e. The summed E-state index contributed by atoms with van der Waals surface area (Å²) in [5.41, 5.74) is 2.62. The third-order valence-corrected chi connectivity index (χ3v) is 5.96. The van der Waals surface area contributed by atoms with Crippen molar-refractivity contribution < 1.29 is 22.7 Å². The van der Waals surface area contributed by atoms with Gasteiger partial charge in [0.1, 0.15) is 0 Å². The van der Waals surface area contributed by atoms with E-state index < -0.39 is 11.9 Å². The number of nitrogens with zero attached hydrogens (tertiary/aromatic N) is 2. The number of hydrogen-bond acceptors (Lipinski definition) is 4. The molecule has 35 heavy (non-hydrogen) atoms. The third-order valence-electron chi connectivity index (χ3n) is 5.96. The van der Waals surface area contributed by atoms with Crippen LogP contribution < -0.4 is 15.0 Å². The zero-order chi connectivity index (χ0) is 26.2. The largest absolute Gasteiger partial charge is 0.478 e. The molecule has 0 saturated carbocycles. The monoisotopic (exact) mass is 491 g/mol. The van der Waals surface area contributed by atoms with Gasteiger partial charge in [0.2, 0.25) is 12.3 Å². The van der Waals surface area contributed by atoms with Crippen LogP contribution >= 0.6 is 0 Å². The molecule has 0 bridgehead atoms. The van der Waals surface area contributed by atoms with Gasteiger partial charge in [-0.15, -0.1) is 0 Å². The summed E-state index contributed by atoms with van der Waals surface area (Å²) in [5.74, 6) is 0.771. The second-order valence-electron chi connectivity index (χ2n) is 9.09. The smallest absolute Gasteiger partial charge is 0.434 e. The van der Waals surface area contributed by atoms with E-state index in [9.17, 15) is 18.0 Å². The second kappa shape index (κ2) is 12.6. The molecule has 1 unspecified atom stereocenters. The molecule has 1 aromatic carbocycles. The molecule has 0 radical (unpaired) electrons. The first-order valence-corrected chi connectivity index (χ1v) is 11.9. The van der Waals surface area contributed by atoms with E-state index in [1.807, 2.05) is 6.92 Å². The molecule has 2 heterocycles. The number of aryl methyl sites for hydroxylation is 2. The van der Waals surface area contributed by atoms with Crippen molar-refractivity contribution in [1.82, 2.24) is 10.3 Å². The number of piperidine rings is 1. The quantitative estimate of drug-likeness (QED) is 0.447. The molecule has 1 aliphatic rings. The molecule has 0 aliphatic carbocycles. The van der Waals surface area contributed by atoms with Crippen LogP contribution in [0.5, 0.6) is 5.88 Å². The van der Waals surface area contributed by atoms with Crippen LogP contribution in [0.15, 0.2) is 36.9 Å². The second-order valence-corrected chi connectivity index (χ2v) is 9.09. The minimum atomic E-state index is -4.66. The van der Waals surface area contributed by atoms with Crippen molar-refractivity contribution in [2.75, 3.05) is 18.1 Å². The maximum Gasteiger partial charge on any atom is 0.434 e. The van der Waals surface area contributed by atoms with Crippen LogP contribution in [-0.2, 0) is 11.0 Å². The van der Waals surface area contributed by atoms with Crippen molar-refractivity contribution >= 4 is 17.8 Å². The molecule has 8 heteroatoms. The number of benzene rings is 1. The fourth-order valence-corrected chi connectivity index (χ4v) is 4.13. The Morgan fingerprint density at radius 3 is 2.57 bits per heavy atom. The van der Waals surface area contributed by atoms with Crippen molar-refractivity contribution in [2.24, 2.45) is 5.92 Å². The number of nitrogens with one attached hydrogen (secondary N) is 1. The number of anilines is 1. The van der Waals surface area contributed by atoms with E-state index in [1.54, 1.807) is 0 Å². The Kier molecular flexibility index (Phi) is 10.2. The molecule has 1 aromatic heterocycles. The fourth-order valence-electron chi connectivity index (χ4n) is 4.13. The van der Waals surface area contributed by atoms with Gasteiger partial charge in [0.25, 0.3) is 0 Å². The molecular weight excluding hydrogens is 455 g/mol. The first kappa shape index (κ1) is 28.2. The van der Waals surface area contributed by atoms with Crippen LogP contribution in [0.3, 0.4) is 0 Å². The number of rotatable bonds is 7. The molecule has 1 amide bonds. The van der Waals surface area contributed by atoms with E-state index in [2.05, 4.69) is 67.7 Å². The summed E-state index contributed by atoms with van der Waals surface area (Å²) in [6, 6.07) is 9.94. The lowest BCUT2D eigenvalue weighted by molar-refractivity contribution is -0.141. The summed E-state index contributed by atoms with van der Waals surface area (Å²) in [6.07, 6.45) is -1.09. The van der Waals surface area contributed by atoms with Gasteiger partial charge in [-0.05, 0) is 69.2 Å². The average molecular weight is 492 g/mol. The number of amides is 1. The highest BCUT2D eigenvalue weighted by Gasteiger charge is 2.36. The zero-order valence-electron chi connectivity index (χ0n) is 21.2. The molecule has 1 N–H and O–H groups in total. The van der Waals surface area contributed by atoms with Crippen LogP contribution in [-0.4, -0.2) is 30.6 Å². The van der Waals surface area contributed by atoms with Gasteiger partial charge in [-0.1, -0.05) is 32.6 Å². The molecule has 1 fully saturated rings. The van der Waals surface area contributed by atoms with Crippen LogP contribution in [0.2, 0.25) is 0 Å². The van der Waals surface area contributed by atoms with E-state index in [4.69, 9.17) is 4.74 Å². The van der Waals surface area contributed by atoms with Gasteiger partial charge < -0.3 is 15.0 Å². The van der Waals surface area contributed by atoms with Gasteiger partial charge >= 0.3 is 6.18 Å². The Bertz CT molecular complexity index is 1010. The van der Waals surface area contributed by atoms with Crippen molar-refractivity contribution in [3.05, 3.63) is 59.3 Å². The summed E-state index contributed by atoms with van der Waals surface area (Å²) in [5, 5.41) is 2.08. The number of pyridine rings is 1. The van der Waals surface area contributed by atoms with Crippen molar-refractivity contribution in [3.63, 3.8) is 0 Å². The van der Waals surface area contributed by atoms with Gasteiger partial charge in [-0.25, -0.2) is 4.98 Å². The highest BCUT2D eigenvalue weighted by atomic mass is 19.4. The van der Waals surface area contributed by atoms with Crippen LogP contribution in [0.1, 0.15) is 62.4 Å². The van der Waals surface area contributed by atoms with Gasteiger partial charge in [0.05, 0.1) is 6.61 Å². The standard InChI is InChI=1S/C15H23N.C12H13F3N2O2/c1-11-5-6-13(3)15(10-11)16-8-7-12(2)9-14(16)4;1-3-6-19-10-5-4-9(8(2)16-7-18)11(17-10)12(13,14)15/h5-6,10,12,14H,7-9H2,1-4H3;4-5,7H,2-3,6H2,1H3,(H,16,18)/t12?,14-;/m0./s1. The van der Waals surface area contributed by atoms with Crippen LogP contribution in [0.4, 0.5) is 18.9 Å². The van der Waals surface area contributed by atoms with E-state index in [0.29, 0.717) is 12.5 Å². The lowest BCUT2D eigenvalue weighted by Gasteiger charge is -2.39. The summed E-state index contributed by atoms with van der Waals surface area (Å²) in [6.45, 7) is 15.8. The molecule has 0 spiro atoms. The Morgan fingerprint density at radius 1 is 1.26 bits per heavy atom. The van der Waals surface area contributed by atoms with E-state index in [0.717, 1.165) is 5.92 Å². The molecule has 5 nitrogen and oxygen atoms in total. The van der Waals surface area contributed by atoms with Gasteiger partial charge in [0, 0.05) is 35.6 Å². The summed E-state index contributed by atoms with van der Waals surface area (Å²) in [4.78, 5) is 16.3. The third kappa shape index (κ3) is 8.01. The number of carbonyl (C=O) groups is 1. The van der Waals surface area contributed by atoms with Crippen molar-refractivity contribution in [1.29, 1.82) is 0 Å². The van der Waals surface area contributed by atoms with E-state index >= 15 is 0 Å². The summed E-state index contributed by atoms with van der Waals surface area (Å²) in [7, 11) is 0. The molecule has 2 aromatic rings. The van der Waals surface area contributed by atoms with Gasteiger partial charge in [0.15, 0.2) is 5.69 Å². The lowest BCUT2D eigenvalue weighted by Crippen LogP contribution is -2.40. The van der Waals surface area contributed by atoms with Crippen LogP contribution in [0.25, 0.3) is 5.70 Å². The molecule has 1 saturated heterocycles. The predicted octanol–water partition coefficient (Wildman–Crippen LogP) is 6.53. The first-order valence-electron chi connectivity index (χ1n) is 11.9. The topological polar surface area (TPSA) is 54.5 Å². The Morgan fingerprint density at radius 2 is 1.97 bits per heavy atom. The number of alkyl halides is 3. The molecule has 2 atom stereocenters. The highest BCUT2D eigenvalue weighted by Crippen LogP contribution is 2.34. The maximum absolute atomic E-state index is 12.9. The molecule has 1 aliphatic heterocycles. The van der Waals surface area contributed by atoms with Crippen molar-refractivity contribution in [2.45, 2.75) is 66.1 Å². The number of aromatic nitrogens is 1. The van der Waals surface area contributed by atoms with Gasteiger partial charge in [-0.3, -0.25) is 4.79 Å². The molecular formula is C27H36F3N3O2. The number of hydrogen-bond donors (Lipinski definition) is 1. The summed E-state index contributed by atoms with van der Waals surface area (Å²) >= 11 is 0. The fraction of sp³-hybridized carbons (Fsp3) is 0.481. The van der Waals surface area contributed by atoms with Crippen LogP contribution in [0, 0.1) is 19.8 Å². The number of ether oxygens (including phenoxy) is 1. The number of halogens is 3.